The van der Waals surface area contributed by atoms with Crippen molar-refractivity contribution < 1.29 is 0 Å². The van der Waals surface area contributed by atoms with E-state index in [9.17, 15) is 0 Å². The number of alkyl halides is 1. The minimum absolute atomic E-state index is 0.0603. The van der Waals surface area contributed by atoms with Crippen LogP contribution in [0.3, 0.4) is 0 Å². The molecule has 0 atom stereocenters. The molecule has 0 nitrogen and oxygen atoms in total. The zero-order valence-corrected chi connectivity index (χ0v) is 9.76. The summed E-state index contributed by atoms with van der Waals surface area (Å²) in [6, 6.07) is 10.5. The summed E-state index contributed by atoms with van der Waals surface area (Å²) in [4.78, 5) is 0. The molecule has 0 aliphatic carbocycles. The molecule has 0 saturated carbocycles. The first-order valence-electron chi connectivity index (χ1n) is 4.39. The summed E-state index contributed by atoms with van der Waals surface area (Å²) in [5.41, 5.74) is 2.59. The largest absolute Gasteiger partial charge is 0.0981 e. The Bertz CT molecular complexity index is 285. The second kappa shape index (κ2) is 4.10. The van der Waals surface area contributed by atoms with Gasteiger partial charge in [-0.25, -0.2) is 0 Å². The van der Waals surface area contributed by atoms with Crippen molar-refractivity contribution >= 4 is 15.9 Å². The average Bonchev–Trinajstić information content (AvgIpc) is 2.18. The molecule has 0 unspecified atom stereocenters. The van der Waals surface area contributed by atoms with Gasteiger partial charge in [0.2, 0.25) is 0 Å². The van der Waals surface area contributed by atoms with E-state index in [0.29, 0.717) is 0 Å². The summed E-state index contributed by atoms with van der Waals surface area (Å²) < 4.78 is 0. The van der Waals surface area contributed by atoms with Crippen molar-refractivity contribution in [2.75, 3.05) is 5.33 Å². The molecule has 0 radical (unpaired) electrons. The minimum Gasteiger partial charge on any atom is -0.0981 e. The molecule has 1 rings (SSSR count). The van der Waals surface area contributed by atoms with E-state index in [2.05, 4.69) is 60.6 Å². The molecule has 1 aromatic carbocycles. The second-order valence-corrected chi connectivity index (χ2v) is 4.29. The minimum atomic E-state index is 0.0603. The van der Waals surface area contributed by atoms with Crippen molar-refractivity contribution in [3.8, 4) is 0 Å². The Hall–Kier alpha value is -0.560. The lowest BCUT2D eigenvalue weighted by molar-refractivity contribution is 0.629. The third-order valence-electron chi connectivity index (χ3n) is 2.54. The van der Waals surface area contributed by atoms with Crippen LogP contribution in [0.4, 0.5) is 0 Å². The van der Waals surface area contributed by atoms with Gasteiger partial charge in [-0.15, -0.1) is 0 Å². The molecule has 0 aromatic heterocycles. The molecule has 0 bridgehead atoms. The van der Waals surface area contributed by atoms with E-state index in [-0.39, 0.29) is 5.41 Å². The third kappa shape index (κ3) is 2.22. The molecule has 0 heterocycles. The van der Waals surface area contributed by atoms with Gasteiger partial charge in [0.1, 0.15) is 0 Å². The molecular weight excluding hydrogens is 224 g/mol. The Morgan fingerprint density at radius 1 is 1.31 bits per heavy atom. The molecule has 1 aromatic rings. The first kappa shape index (κ1) is 10.5. The molecule has 0 amide bonds. The highest BCUT2D eigenvalue weighted by molar-refractivity contribution is 9.09. The van der Waals surface area contributed by atoms with Crippen molar-refractivity contribution in [1.82, 2.24) is 0 Å². The summed E-state index contributed by atoms with van der Waals surface area (Å²) in [5, 5.41) is 0.856. The highest BCUT2D eigenvalue weighted by Gasteiger charge is 2.22. The summed E-state index contributed by atoms with van der Waals surface area (Å²) in [6.45, 7) is 8.48. The fourth-order valence-corrected chi connectivity index (χ4v) is 1.93. The summed E-state index contributed by atoms with van der Waals surface area (Å²) >= 11 is 3.45. The van der Waals surface area contributed by atoms with Crippen LogP contribution in [0, 0.1) is 0 Å². The Balaban J connectivity index is 3.00. The van der Waals surface area contributed by atoms with E-state index in [4.69, 9.17) is 0 Å². The van der Waals surface area contributed by atoms with Crippen molar-refractivity contribution in [3.05, 3.63) is 48.0 Å². The van der Waals surface area contributed by atoms with Crippen molar-refractivity contribution in [3.63, 3.8) is 0 Å². The van der Waals surface area contributed by atoms with Gasteiger partial charge in [0.25, 0.3) is 0 Å². The van der Waals surface area contributed by atoms with Gasteiger partial charge in [0, 0.05) is 10.7 Å². The first-order valence-corrected chi connectivity index (χ1v) is 5.51. The van der Waals surface area contributed by atoms with E-state index in [1.807, 2.05) is 6.07 Å². The highest BCUT2D eigenvalue weighted by Crippen LogP contribution is 2.30. The molecule has 0 saturated heterocycles. The maximum absolute atomic E-state index is 4.07. The van der Waals surface area contributed by atoms with Gasteiger partial charge >= 0.3 is 0 Å². The van der Waals surface area contributed by atoms with Crippen LogP contribution in [0.1, 0.15) is 19.4 Å². The lowest BCUT2D eigenvalue weighted by Crippen LogP contribution is -2.20. The van der Waals surface area contributed by atoms with E-state index in [1.54, 1.807) is 0 Å². The van der Waals surface area contributed by atoms with Gasteiger partial charge in [-0.1, -0.05) is 72.3 Å². The van der Waals surface area contributed by atoms with E-state index in [0.717, 1.165) is 5.33 Å². The van der Waals surface area contributed by atoms with Crippen molar-refractivity contribution in [1.29, 1.82) is 0 Å². The zero-order chi connectivity index (χ0) is 9.90. The van der Waals surface area contributed by atoms with Gasteiger partial charge < -0.3 is 0 Å². The topological polar surface area (TPSA) is 0 Å². The number of hydrogen-bond acceptors (Lipinski definition) is 0. The van der Waals surface area contributed by atoms with Crippen LogP contribution in [0.5, 0.6) is 0 Å². The molecule has 0 fully saturated rings. The van der Waals surface area contributed by atoms with E-state index in [1.165, 1.54) is 11.1 Å². The number of hydrogen-bond donors (Lipinski definition) is 0. The number of benzene rings is 1. The van der Waals surface area contributed by atoms with Crippen molar-refractivity contribution in [2.45, 2.75) is 19.3 Å². The summed E-state index contributed by atoms with van der Waals surface area (Å²) in [7, 11) is 0. The maximum atomic E-state index is 4.07. The summed E-state index contributed by atoms with van der Waals surface area (Å²) in [5.74, 6) is 0. The second-order valence-electron chi connectivity index (χ2n) is 3.73. The first-order chi connectivity index (χ1) is 6.09. The third-order valence-corrected chi connectivity index (χ3v) is 3.22. The quantitative estimate of drug-likeness (QED) is 0.554. The van der Waals surface area contributed by atoms with E-state index < -0.39 is 0 Å². The van der Waals surface area contributed by atoms with Crippen LogP contribution in [0.25, 0.3) is 0 Å². The molecule has 0 aliphatic heterocycles. The monoisotopic (exact) mass is 238 g/mol. The van der Waals surface area contributed by atoms with Gasteiger partial charge in [0.15, 0.2) is 0 Å². The Morgan fingerprint density at radius 2 is 1.85 bits per heavy atom. The number of allylic oxidation sites excluding steroid dienone is 1. The van der Waals surface area contributed by atoms with Gasteiger partial charge in [-0.05, 0) is 5.56 Å². The Morgan fingerprint density at radius 3 is 2.31 bits per heavy atom. The molecule has 0 spiro atoms. The predicted octanol–water partition coefficient (Wildman–Crippen LogP) is 3.92. The number of halogens is 1. The smallest absolute Gasteiger partial charge is 0.0247 e. The molecule has 0 N–H and O–H groups in total. The van der Waals surface area contributed by atoms with Gasteiger partial charge in [-0.3, -0.25) is 0 Å². The lowest BCUT2D eigenvalue weighted by Gasteiger charge is -2.26. The van der Waals surface area contributed by atoms with Crippen LogP contribution in [0.15, 0.2) is 42.5 Å². The highest BCUT2D eigenvalue weighted by atomic mass is 79.9. The van der Waals surface area contributed by atoms with Crippen LogP contribution in [-0.4, -0.2) is 5.33 Å². The fourth-order valence-electron chi connectivity index (χ4n) is 1.23. The van der Waals surface area contributed by atoms with Crippen LogP contribution < -0.4 is 0 Å². The molecule has 70 valence electrons. The standard InChI is InChI=1S/C12H15Br/c1-10(9-13)12(2,3)11-7-5-4-6-8-11/h4-8H,1,9H2,2-3H3. The SMILES string of the molecule is C=C(CBr)C(C)(C)c1ccccc1. The molecule has 0 aliphatic rings. The fraction of sp³-hybridized carbons (Fsp3) is 0.333. The molecule has 1 heteroatoms. The average molecular weight is 239 g/mol. The lowest BCUT2D eigenvalue weighted by atomic mass is 9.79. The molecular formula is C12H15Br. The maximum Gasteiger partial charge on any atom is 0.0247 e. The number of rotatable bonds is 3. The van der Waals surface area contributed by atoms with Crippen LogP contribution >= 0.6 is 15.9 Å². The molecule has 13 heavy (non-hydrogen) atoms. The summed E-state index contributed by atoms with van der Waals surface area (Å²) in [6.07, 6.45) is 0. The Kier molecular flexibility index (Phi) is 3.32. The Labute approximate surface area is 88.8 Å². The van der Waals surface area contributed by atoms with Crippen LogP contribution in [0.2, 0.25) is 0 Å². The van der Waals surface area contributed by atoms with E-state index >= 15 is 0 Å². The van der Waals surface area contributed by atoms with Gasteiger partial charge in [0.05, 0.1) is 0 Å². The van der Waals surface area contributed by atoms with Gasteiger partial charge in [-0.2, -0.15) is 0 Å². The predicted molar refractivity (Wildman–Crippen MR) is 62.4 cm³/mol. The normalized spacial score (nSPS) is 11.3. The van der Waals surface area contributed by atoms with Crippen molar-refractivity contribution in [2.24, 2.45) is 0 Å². The van der Waals surface area contributed by atoms with Crippen LogP contribution in [-0.2, 0) is 5.41 Å². The zero-order valence-electron chi connectivity index (χ0n) is 8.18.